The number of hydrogen-bond donors (Lipinski definition) is 1. The summed E-state index contributed by atoms with van der Waals surface area (Å²) < 4.78 is 24.7. The van der Waals surface area contributed by atoms with Gasteiger partial charge < -0.3 is 5.32 Å². The monoisotopic (exact) mass is 384 g/mol. The molecule has 8 heteroatoms. The maximum atomic E-state index is 12.5. The van der Waals surface area contributed by atoms with Crippen LogP contribution in [-0.2, 0) is 15.6 Å². The summed E-state index contributed by atoms with van der Waals surface area (Å²) in [6.45, 7) is 3.75. The van der Waals surface area contributed by atoms with Gasteiger partial charge >= 0.3 is 0 Å². The molecule has 0 saturated carbocycles. The van der Waals surface area contributed by atoms with Crippen molar-refractivity contribution in [3.63, 3.8) is 0 Å². The average molecular weight is 384 g/mol. The fourth-order valence-electron chi connectivity index (χ4n) is 2.71. The number of rotatable bonds is 5. The summed E-state index contributed by atoms with van der Waals surface area (Å²) in [5, 5.41) is 10.7. The second-order valence-corrected chi connectivity index (χ2v) is 8.64. The van der Waals surface area contributed by atoms with E-state index in [0.717, 1.165) is 11.3 Å². The third-order valence-corrected chi connectivity index (χ3v) is 4.94. The molecule has 0 bridgehead atoms. The molecule has 1 amide bonds. The Hall–Kier alpha value is -3.00. The average Bonchev–Trinajstić information content (AvgIpc) is 3.07. The van der Waals surface area contributed by atoms with Gasteiger partial charge in [-0.15, -0.1) is 5.10 Å². The summed E-state index contributed by atoms with van der Waals surface area (Å²) in [4.78, 5) is 12.5. The van der Waals surface area contributed by atoms with E-state index in [1.807, 2.05) is 31.2 Å². The van der Waals surface area contributed by atoms with Gasteiger partial charge in [0, 0.05) is 11.9 Å². The first-order chi connectivity index (χ1) is 12.7. The minimum absolute atomic E-state index is 0.0773. The molecule has 0 unspecified atom stereocenters. The Morgan fingerprint density at radius 3 is 2.59 bits per heavy atom. The fourth-order valence-corrected chi connectivity index (χ4v) is 3.59. The van der Waals surface area contributed by atoms with Crippen LogP contribution < -0.4 is 5.32 Å². The van der Waals surface area contributed by atoms with Crippen molar-refractivity contribution in [1.82, 2.24) is 15.0 Å². The summed E-state index contributed by atoms with van der Waals surface area (Å²) in [6.07, 6.45) is 2.74. The molecule has 1 aromatic heterocycles. The summed E-state index contributed by atoms with van der Waals surface area (Å²) in [7, 11) is -3.17. The molecule has 0 aliphatic rings. The number of nitrogens with one attached hydrogen (secondary N) is 1. The van der Waals surface area contributed by atoms with Crippen LogP contribution in [0.2, 0.25) is 0 Å². The van der Waals surface area contributed by atoms with Gasteiger partial charge in [-0.05, 0) is 48.7 Å². The minimum Gasteiger partial charge on any atom is -0.320 e. The van der Waals surface area contributed by atoms with E-state index >= 15 is 0 Å². The SMILES string of the molecule is Cc1cccc(-n2cc(C(=O)Nc3cccc(CS(C)(=O)=O)c3C)nn2)c1. The third-order valence-electron chi connectivity index (χ3n) is 4.10. The molecule has 1 N–H and O–H groups in total. The zero-order valence-corrected chi connectivity index (χ0v) is 16.1. The van der Waals surface area contributed by atoms with Crippen LogP contribution in [0.15, 0.2) is 48.7 Å². The van der Waals surface area contributed by atoms with E-state index in [2.05, 4.69) is 15.6 Å². The molecule has 0 saturated heterocycles. The molecule has 27 heavy (non-hydrogen) atoms. The summed E-state index contributed by atoms with van der Waals surface area (Å²) in [6, 6.07) is 12.9. The molecule has 0 aliphatic heterocycles. The molecule has 3 aromatic rings. The molecule has 0 radical (unpaired) electrons. The highest BCUT2D eigenvalue weighted by molar-refractivity contribution is 7.89. The van der Waals surface area contributed by atoms with Crippen LogP contribution in [0.25, 0.3) is 5.69 Å². The molecular formula is C19H20N4O3S. The summed E-state index contributed by atoms with van der Waals surface area (Å²) in [5.74, 6) is -0.486. The number of nitrogens with zero attached hydrogens (tertiary/aromatic N) is 3. The van der Waals surface area contributed by atoms with E-state index in [1.54, 1.807) is 31.3 Å². The maximum absolute atomic E-state index is 12.5. The van der Waals surface area contributed by atoms with E-state index in [-0.39, 0.29) is 11.4 Å². The van der Waals surface area contributed by atoms with Crippen molar-refractivity contribution >= 4 is 21.4 Å². The molecular weight excluding hydrogens is 364 g/mol. The zero-order chi connectivity index (χ0) is 19.6. The van der Waals surface area contributed by atoms with Crippen molar-refractivity contribution in [2.75, 3.05) is 11.6 Å². The first kappa shape index (κ1) is 18.8. The number of benzene rings is 2. The van der Waals surface area contributed by atoms with Gasteiger partial charge in [0.1, 0.15) is 0 Å². The van der Waals surface area contributed by atoms with Crippen LogP contribution in [0, 0.1) is 13.8 Å². The van der Waals surface area contributed by atoms with Crippen LogP contribution in [-0.4, -0.2) is 35.6 Å². The molecule has 1 heterocycles. The lowest BCUT2D eigenvalue weighted by Crippen LogP contribution is -2.14. The largest absolute Gasteiger partial charge is 0.320 e. The van der Waals surface area contributed by atoms with E-state index in [1.165, 1.54) is 10.9 Å². The number of aryl methyl sites for hydroxylation is 1. The molecule has 2 aromatic carbocycles. The van der Waals surface area contributed by atoms with Gasteiger partial charge in [0.2, 0.25) is 0 Å². The third kappa shape index (κ3) is 4.59. The van der Waals surface area contributed by atoms with Crippen molar-refractivity contribution in [2.24, 2.45) is 0 Å². The number of sulfone groups is 1. The van der Waals surface area contributed by atoms with Gasteiger partial charge in [-0.1, -0.05) is 29.5 Å². The second-order valence-electron chi connectivity index (χ2n) is 6.50. The Bertz CT molecular complexity index is 1100. The number of anilines is 1. The number of aromatic nitrogens is 3. The van der Waals surface area contributed by atoms with Crippen LogP contribution in [0.3, 0.4) is 0 Å². The normalized spacial score (nSPS) is 11.4. The van der Waals surface area contributed by atoms with Gasteiger partial charge in [-0.3, -0.25) is 4.79 Å². The standard InChI is InChI=1S/C19H20N4O3S/c1-13-6-4-8-16(10-13)23-11-18(21-22-23)19(24)20-17-9-5-7-15(14(17)2)12-27(3,25)26/h4-11H,12H2,1-3H3,(H,20,24). The predicted molar refractivity (Wildman–Crippen MR) is 104 cm³/mol. The Balaban J connectivity index is 1.81. The first-order valence-corrected chi connectivity index (χ1v) is 10.4. The Labute approximate surface area is 158 Å². The molecule has 0 aliphatic carbocycles. The van der Waals surface area contributed by atoms with E-state index in [4.69, 9.17) is 0 Å². The zero-order valence-electron chi connectivity index (χ0n) is 15.3. The molecule has 7 nitrogen and oxygen atoms in total. The van der Waals surface area contributed by atoms with Gasteiger partial charge in [0.15, 0.2) is 15.5 Å². The fraction of sp³-hybridized carbons (Fsp3) is 0.211. The van der Waals surface area contributed by atoms with Gasteiger partial charge in [0.25, 0.3) is 5.91 Å². The quantitative estimate of drug-likeness (QED) is 0.730. The van der Waals surface area contributed by atoms with Gasteiger partial charge in [-0.25, -0.2) is 13.1 Å². The van der Waals surface area contributed by atoms with E-state index < -0.39 is 15.7 Å². The Morgan fingerprint density at radius 1 is 1.15 bits per heavy atom. The molecule has 140 valence electrons. The lowest BCUT2D eigenvalue weighted by atomic mass is 10.1. The highest BCUT2D eigenvalue weighted by Gasteiger charge is 2.15. The lowest BCUT2D eigenvalue weighted by molar-refractivity contribution is 0.102. The van der Waals surface area contributed by atoms with Gasteiger partial charge in [-0.2, -0.15) is 0 Å². The number of carbonyl (C=O) groups is 1. The van der Waals surface area contributed by atoms with Crippen molar-refractivity contribution in [1.29, 1.82) is 0 Å². The Morgan fingerprint density at radius 2 is 1.89 bits per heavy atom. The minimum atomic E-state index is -3.17. The second kappa shape index (κ2) is 7.32. The summed E-state index contributed by atoms with van der Waals surface area (Å²) in [5.41, 5.74) is 3.97. The number of hydrogen-bond acceptors (Lipinski definition) is 5. The van der Waals surface area contributed by atoms with Crippen molar-refractivity contribution < 1.29 is 13.2 Å². The number of carbonyl (C=O) groups excluding carboxylic acids is 1. The maximum Gasteiger partial charge on any atom is 0.277 e. The van der Waals surface area contributed by atoms with Crippen LogP contribution >= 0.6 is 0 Å². The van der Waals surface area contributed by atoms with E-state index in [0.29, 0.717) is 16.8 Å². The van der Waals surface area contributed by atoms with Gasteiger partial charge in [0.05, 0.1) is 17.6 Å². The van der Waals surface area contributed by atoms with Crippen molar-refractivity contribution in [3.05, 3.63) is 71.0 Å². The topological polar surface area (TPSA) is 94.0 Å². The lowest BCUT2D eigenvalue weighted by Gasteiger charge is -2.11. The predicted octanol–water partition coefficient (Wildman–Crippen LogP) is 2.68. The highest BCUT2D eigenvalue weighted by Crippen LogP contribution is 2.21. The highest BCUT2D eigenvalue weighted by atomic mass is 32.2. The van der Waals surface area contributed by atoms with Crippen LogP contribution in [0.1, 0.15) is 27.2 Å². The molecule has 0 spiro atoms. The first-order valence-electron chi connectivity index (χ1n) is 8.30. The van der Waals surface area contributed by atoms with Crippen molar-refractivity contribution in [2.45, 2.75) is 19.6 Å². The Kier molecular flexibility index (Phi) is 5.09. The van der Waals surface area contributed by atoms with E-state index in [9.17, 15) is 13.2 Å². The van der Waals surface area contributed by atoms with Crippen molar-refractivity contribution in [3.8, 4) is 5.69 Å². The van der Waals surface area contributed by atoms with Crippen LogP contribution in [0.5, 0.6) is 0 Å². The van der Waals surface area contributed by atoms with Crippen LogP contribution in [0.4, 0.5) is 5.69 Å². The molecule has 0 fully saturated rings. The smallest absolute Gasteiger partial charge is 0.277 e. The summed E-state index contributed by atoms with van der Waals surface area (Å²) >= 11 is 0. The molecule has 0 atom stereocenters. The molecule has 3 rings (SSSR count). The number of amides is 1.